The van der Waals surface area contributed by atoms with Crippen LogP contribution in [0.15, 0.2) is 18.2 Å². The summed E-state index contributed by atoms with van der Waals surface area (Å²) in [5, 5.41) is 11.4. The second-order valence-electron chi connectivity index (χ2n) is 3.29. The van der Waals surface area contributed by atoms with E-state index in [9.17, 15) is 9.18 Å². The molecule has 4 nitrogen and oxygen atoms in total. The standard InChI is InChI=1S/C10H13FN2O2/c1-6(14)5-13-10(15)8-3-2-7(11)4-9(8)12/h2-4,6,14H,5,12H2,1H3,(H,13,15)/t6-/m0/s1. The van der Waals surface area contributed by atoms with Gasteiger partial charge in [0.05, 0.1) is 11.7 Å². The number of aliphatic hydroxyl groups excluding tert-OH is 1. The fraction of sp³-hybridized carbons (Fsp3) is 0.300. The summed E-state index contributed by atoms with van der Waals surface area (Å²) in [7, 11) is 0. The van der Waals surface area contributed by atoms with Crippen LogP contribution in [0.5, 0.6) is 0 Å². The minimum absolute atomic E-state index is 0.0816. The van der Waals surface area contributed by atoms with Crippen LogP contribution in [-0.4, -0.2) is 23.7 Å². The van der Waals surface area contributed by atoms with Gasteiger partial charge in [0.1, 0.15) is 5.82 Å². The van der Waals surface area contributed by atoms with Crippen LogP contribution in [0.25, 0.3) is 0 Å². The van der Waals surface area contributed by atoms with Gasteiger partial charge < -0.3 is 16.2 Å². The zero-order valence-electron chi connectivity index (χ0n) is 8.33. The molecular weight excluding hydrogens is 199 g/mol. The SMILES string of the molecule is C[C@H](O)CNC(=O)c1ccc(F)cc1N. The van der Waals surface area contributed by atoms with Crippen LogP contribution in [0, 0.1) is 5.82 Å². The van der Waals surface area contributed by atoms with Gasteiger partial charge in [0, 0.05) is 12.2 Å². The van der Waals surface area contributed by atoms with Crippen molar-refractivity contribution in [3.8, 4) is 0 Å². The minimum atomic E-state index is -0.629. The zero-order valence-corrected chi connectivity index (χ0v) is 8.33. The average molecular weight is 212 g/mol. The van der Waals surface area contributed by atoms with Gasteiger partial charge in [-0.1, -0.05) is 0 Å². The third-order valence-electron chi connectivity index (χ3n) is 1.82. The van der Waals surface area contributed by atoms with E-state index in [-0.39, 0.29) is 17.8 Å². The van der Waals surface area contributed by atoms with E-state index in [2.05, 4.69) is 5.32 Å². The smallest absolute Gasteiger partial charge is 0.253 e. The van der Waals surface area contributed by atoms with Crippen LogP contribution in [0.1, 0.15) is 17.3 Å². The summed E-state index contributed by atoms with van der Waals surface area (Å²) in [5.41, 5.74) is 5.75. The number of amides is 1. The van der Waals surface area contributed by atoms with Crippen molar-refractivity contribution in [1.82, 2.24) is 5.32 Å². The molecule has 0 radical (unpaired) electrons. The molecule has 15 heavy (non-hydrogen) atoms. The van der Waals surface area contributed by atoms with Crippen LogP contribution < -0.4 is 11.1 Å². The van der Waals surface area contributed by atoms with Gasteiger partial charge in [-0.2, -0.15) is 0 Å². The summed E-state index contributed by atoms with van der Waals surface area (Å²) < 4.78 is 12.7. The number of nitrogens with one attached hydrogen (secondary N) is 1. The van der Waals surface area contributed by atoms with Gasteiger partial charge in [0.2, 0.25) is 0 Å². The number of hydrogen-bond donors (Lipinski definition) is 3. The van der Waals surface area contributed by atoms with Crippen molar-refractivity contribution in [2.45, 2.75) is 13.0 Å². The van der Waals surface area contributed by atoms with E-state index in [0.717, 1.165) is 12.1 Å². The Bertz CT molecular complexity index is 366. The summed E-state index contributed by atoms with van der Waals surface area (Å²) in [6, 6.07) is 3.55. The highest BCUT2D eigenvalue weighted by Gasteiger charge is 2.10. The van der Waals surface area contributed by atoms with E-state index in [0.29, 0.717) is 0 Å². The molecule has 0 saturated carbocycles. The lowest BCUT2D eigenvalue weighted by Crippen LogP contribution is -2.31. The molecule has 0 saturated heterocycles. The van der Waals surface area contributed by atoms with Crippen LogP contribution >= 0.6 is 0 Å². The molecule has 0 fully saturated rings. The lowest BCUT2D eigenvalue weighted by Gasteiger charge is -2.08. The van der Waals surface area contributed by atoms with E-state index in [4.69, 9.17) is 10.8 Å². The second-order valence-corrected chi connectivity index (χ2v) is 3.29. The molecule has 0 aliphatic heterocycles. The second kappa shape index (κ2) is 4.75. The number of benzene rings is 1. The average Bonchev–Trinajstić information content (AvgIpc) is 2.14. The minimum Gasteiger partial charge on any atom is -0.398 e. The summed E-state index contributed by atoms with van der Waals surface area (Å²) >= 11 is 0. The molecule has 0 heterocycles. The highest BCUT2D eigenvalue weighted by atomic mass is 19.1. The van der Waals surface area contributed by atoms with E-state index in [1.165, 1.54) is 6.07 Å². The predicted octanol–water partition coefficient (Wildman–Crippen LogP) is 0.519. The van der Waals surface area contributed by atoms with Crippen molar-refractivity contribution >= 4 is 11.6 Å². The van der Waals surface area contributed by atoms with Crippen LogP contribution in [-0.2, 0) is 0 Å². The first-order chi connectivity index (χ1) is 7.00. The Morgan fingerprint density at radius 2 is 2.33 bits per heavy atom. The van der Waals surface area contributed by atoms with Gasteiger partial charge in [0.25, 0.3) is 5.91 Å². The number of hydrogen-bond acceptors (Lipinski definition) is 3. The monoisotopic (exact) mass is 212 g/mol. The largest absolute Gasteiger partial charge is 0.398 e. The Kier molecular flexibility index (Phi) is 3.62. The quantitative estimate of drug-likeness (QED) is 0.639. The Hall–Kier alpha value is -1.62. The highest BCUT2D eigenvalue weighted by Crippen LogP contribution is 2.12. The zero-order chi connectivity index (χ0) is 11.4. The van der Waals surface area contributed by atoms with Gasteiger partial charge in [-0.3, -0.25) is 4.79 Å². The molecule has 0 aromatic heterocycles. The highest BCUT2D eigenvalue weighted by molar-refractivity contribution is 5.99. The van der Waals surface area contributed by atoms with E-state index in [1.807, 2.05) is 0 Å². The molecule has 1 aromatic rings. The third-order valence-corrected chi connectivity index (χ3v) is 1.82. The van der Waals surface area contributed by atoms with Crippen molar-refractivity contribution in [2.24, 2.45) is 0 Å². The van der Waals surface area contributed by atoms with Crippen LogP contribution in [0.3, 0.4) is 0 Å². The van der Waals surface area contributed by atoms with Crippen molar-refractivity contribution in [3.63, 3.8) is 0 Å². The number of nitrogens with two attached hydrogens (primary N) is 1. The molecule has 0 aliphatic carbocycles. The number of aliphatic hydroxyl groups is 1. The molecule has 5 heteroatoms. The van der Waals surface area contributed by atoms with Gasteiger partial charge in [-0.05, 0) is 25.1 Å². The number of nitrogen functional groups attached to an aromatic ring is 1. The van der Waals surface area contributed by atoms with Crippen LogP contribution in [0.2, 0.25) is 0 Å². The number of halogens is 1. The molecule has 0 aliphatic rings. The fourth-order valence-electron chi connectivity index (χ4n) is 1.08. The molecule has 4 N–H and O–H groups in total. The number of carbonyl (C=O) groups excluding carboxylic acids is 1. The fourth-order valence-corrected chi connectivity index (χ4v) is 1.08. The third kappa shape index (κ3) is 3.21. The van der Waals surface area contributed by atoms with E-state index in [1.54, 1.807) is 6.92 Å². The van der Waals surface area contributed by atoms with Gasteiger partial charge in [0.15, 0.2) is 0 Å². The Morgan fingerprint density at radius 1 is 1.67 bits per heavy atom. The van der Waals surface area contributed by atoms with E-state index >= 15 is 0 Å². The molecule has 0 spiro atoms. The molecule has 1 amide bonds. The first-order valence-electron chi connectivity index (χ1n) is 4.52. The summed E-state index contributed by atoms with van der Waals surface area (Å²) in [6.45, 7) is 1.68. The predicted molar refractivity (Wildman–Crippen MR) is 54.8 cm³/mol. The maximum Gasteiger partial charge on any atom is 0.253 e. The normalized spacial score (nSPS) is 12.2. The van der Waals surface area contributed by atoms with Gasteiger partial charge in [-0.25, -0.2) is 4.39 Å². The van der Waals surface area contributed by atoms with Crippen LogP contribution in [0.4, 0.5) is 10.1 Å². The van der Waals surface area contributed by atoms with Gasteiger partial charge >= 0.3 is 0 Å². The summed E-state index contributed by atoms with van der Waals surface area (Å²) in [4.78, 5) is 11.5. The summed E-state index contributed by atoms with van der Waals surface area (Å²) in [6.07, 6.45) is -0.629. The lowest BCUT2D eigenvalue weighted by molar-refractivity contribution is 0.0925. The molecule has 1 rings (SSSR count). The first-order valence-corrected chi connectivity index (χ1v) is 4.52. The molecule has 0 bridgehead atoms. The Labute approximate surface area is 86.9 Å². The topological polar surface area (TPSA) is 75.3 Å². The summed E-state index contributed by atoms with van der Waals surface area (Å²) in [5.74, 6) is -0.909. The molecule has 0 unspecified atom stereocenters. The maximum absolute atomic E-state index is 12.7. The molecule has 1 aromatic carbocycles. The maximum atomic E-state index is 12.7. The van der Waals surface area contributed by atoms with Crippen molar-refractivity contribution < 1.29 is 14.3 Å². The van der Waals surface area contributed by atoms with Crippen molar-refractivity contribution in [1.29, 1.82) is 0 Å². The van der Waals surface area contributed by atoms with E-state index < -0.39 is 17.8 Å². The molecular formula is C10H13FN2O2. The molecule has 1 atom stereocenters. The first kappa shape index (κ1) is 11.5. The number of carbonyl (C=O) groups is 1. The number of rotatable bonds is 3. The number of anilines is 1. The lowest BCUT2D eigenvalue weighted by atomic mass is 10.1. The van der Waals surface area contributed by atoms with Gasteiger partial charge in [-0.15, -0.1) is 0 Å². The van der Waals surface area contributed by atoms with Crippen molar-refractivity contribution in [2.75, 3.05) is 12.3 Å². The Balaban J connectivity index is 2.74. The Morgan fingerprint density at radius 3 is 2.87 bits per heavy atom. The van der Waals surface area contributed by atoms with Crippen molar-refractivity contribution in [3.05, 3.63) is 29.6 Å². The molecule has 82 valence electrons.